The van der Waals surface area contributed by atoms with Gasteiger partial charge in [0.1, 0.15) is 0 Å². The Labute approximate surface area is 134 Å². The highest BCUT2D eigenvalue weighted by molar-refractivity contribution is 4.88. The van der Waals surface area contributed by atoms with Gasteiger partial charge in [0, 0.05) is 24.7 Å². The van der Waals surface area contributed by atoms with E-state index in [2.05, 4.69) is 51.8 Å². The molecule has 0 spiro atoms. The summed E-state index contributed by atoms with van der Waals surface area (Å²) in [6.45, 7) is 17.7. The van der Waals surface area contributed by atoms with Crippen molar-refractivity contribution in [3.8, 4) is 0 Å². The molecule has 1 saturated heterocycles. The first-order valence-corrected chi connectivity index (χ1v) is 9.35. The minimum Gasteiger partial charge on any atom is -0.311 e. The molecule has 1 N–H and O–H groups in total. The third kappa shape index (κ3) is 6.28. The monoisotopic (exact) mass is 296 g/mol. The van der Waals surface area contributed by atoms with Gasteiger partial charge in [0.25, 0.3) is 0 Å². The normalized spacial score (nSPS) is 22.3. The fourth-order valence-electron chi connectivity index (χ4n) is 3.57. The topological polar surface area (TPSA) is 15.3 Å². The summed E-state index contributed by atoms with van der Waals surface area (Å²) in [5, 5.41) is 3.78. The van der Waals surface area contributed by atoms with Crippen LogP contribution in [-0.2, 0) is 0 Å². The summed E-state index contributed by atoms with van der Waals surface area (Å²) < 4.78 is 0. The lowest BCUT2D eigenvalue weighted by Gasteiger charge is -2.42. The second-order valence-electron chi connectivity index (χ2n) is 8.19. The Hall–Kier alpha value is -0.0800. The van der Waals surface area contributed by atoms with Gasteiger partial charge in [0.2, 0.25) is 0 Å². The van der Waals surface area contributed by atoms with Crippen LogP contribution in [-0.4, -0.2) is 36.1 Å². The van der Waals surface area contributed by atoms with Crippen LogP contribution in [0.4, 0.5) is 0 Å². The van der Waals surface area contributed by atoms with Gasteiger partial charge in [-0.25, -0.2) is 0 Å². The van der Waals surface area contributed by atoms with Gasteiger partial charge in [-0.05, 0) is 64.8 Å². The summed E-state index contributed by atoms with van der Waals surface area (Å²) in [6.07, 6.45) is 9.54. The SMILES string of the molecule is CCC1CCCCCN1CC(CC)(CC)CNC(C)(C)C. The van der Waals surface area contributed by atoms with Crippen molar-refractivity contribution in [1.29, 1.82) is 0 Å². The molecule has 0 aliphatic carbocycles. The van der Waals surface area contributed by atoms with Crippen LogP contribution in [0.2, 0.25) is 0 Å². The number of likely N-dealkylation sites (tertiary alicyclic amines) is 1. The molecule has 1 heterocycles. The third-order valence-corrected chi connectivity index (χ3v) is 5.50. The molecule has 0 aromatic heterocycles. The molecule has 0 amide bonds. The van der Waals surface area contributed by atoms with E-state index in [9.17, 15) is 0 Å². The summed E-state index contributed by atoms with van der Waals surface area (Å²) >= 11 is 0. The van der Waals surface area contributed by atoms with Gasteiger partial charge in [-0.15, -0.1) is 0 Å². The van der Waals surface area contributed by atoms with Gasteiger partial charge in [-0.2, -0.15) is 0 Å². The van der Waals surface area contributed by atoms with Gasteiger partial charge in [-0.1, -0.05) is 33.6 Å². The Morgan fingerprint density at radius 2 is 1.67 bits per heavy atom. The predicted molar refractivity (Wildman–Crippen MR) is 94.9 cm³/mol. The van der Waals surface area contributed by atoms with Crippen molar-refractivity contribution in [2.45, 2.75) is 98.1 Å². The Bertz CT molecular complexity index is 276. The lowest BCUT2D eigenvalue weighted by atomic mass is 9.80. The lowest BCUT2D eigenvalue weighted by molar-refractivity contribution is 0.0920. The average molecular weight is 297 g/mol. The van der Waals surface area contributed by atoms with E-state index in [1.165, 1.54) is 58.0 Å². The van der Waals surface area contributed by atoms with Crippen LogP contribution >= 0.6 is 0 Å². The van der Waals surface area contributed by atoms with Crippen molar-refractivity contribution in [3.05, 3.63) is 0 Å². The van der Waals surface area contributed by atoms with Crippen molar-refractivity contribution in [1.82, 2.24) is 10.2 Å². The van der Waals surface area contributed by atoms with Crippen LogP contribution in [0.5, 0.6) is 0 Å². The van der Waals surface area contributed by atoms with Gasteiger partial charge in [0.15, 0.2) is 0 Å². The maximum Gasteiger partial charge on any atom is 0.00967 e. The van der Waals surface area contributed by atoms with E-state index in [-0.39, 0.29) is 5.54 Å². The molecule has 1 aliphatic rings. The molecule has 2 nitrogen and oxygen atoms in total. The van der Waals surface area contributed by atoms with E-state index >= 15 is 0 Å². The van der Waals surface area contributed by atoms with Crippen LogP contribution in [0.3, 0.4) is 0 Å². The molecule has 1 unspecified atom stereocenters. The van der Waals surface area contributed by atoms with Gasteiger partial charge in [-0.3, -0.25) is 4.90 Å². The molecule has 126 valence electrons. The lowest BCUT2D eigenvalue weighted by Crippen LogP contribution is -2.50. The van der Waals surface area contributed by atoms with Crippen LogP contribution in [0.25, 0.3) is 0 Å². The van der Waals surface area contributed by atoms with E-state index in [4.69, 9.17) is 0 Å². The van der Waals surface area contributed by atoms with Crippen molar-refractivity contribution in [2.75, 3.05) is 19.6 Å². The van der Waals surface area contributed by atoms with Crippen molar-refractivity contribution < 1.29 is 0 Å². The largest absolute Gasteiger partial charge is 0.311 e. The predicted octanol–water partition coefficient (Wildman–Crippen LogP) is 4.84. The summed E-state index contributed by atoms with van der Waals surface area (Å²) in [4.78, 5) is 2.82. The molecule has 2 heteroatoms. The Balaban J connectivity index is 2.74. The second kappa shape index (κ2) is 8.53. The molecular formula is C19H40N2. The molecule has 0 aromatic carbocycles. The maximum atomic E-state index is 3.78. The highest BCUT2D eigenvalue weighted by Crippen LogP contribution is 2.31. The van der Waals surface area contributed by atoms with Crippen molar-refractivity contribution in [2.24, 2.45) is 5.41 Å². The zero-order valence-electron chi connectivity index (χ0n) is 15.6. The zero-order valence-corrected chi connectivity index (χ0v) is 15.6. The molecule has 0 radical (unpaired) electrons. The van der Waals surface area contributed by atoms with Crippen LogP contribution < -0.4 is 5.32 Å². The van der Waals surface area contributed by atoms with Gasteiger partial charge in [0.05, 0.1) is 0 Å². The summed E-state index contributed by atoms with van der Waals surface area (Å²) in [7, 11) is 0. The van der Waals surface area contributed by atoms with E-state index < -0.39 is 0 Å². The minimum absolute atomic E-state index is 0.221. The molecule has 1 aliphatic heterocycles. The number of nitrogens with one attached hydrogen (secondary N) is 1. The molecular weight excluding hydrogens is 256 g/mol. The Morgan fingerprint density at radius 3 is 2.19 bits per heavy atom. The summed E-state index contributed by atoms with van der Waals surface area (Å²) in [6, 6.07) is 0.819. The first-order chi connectivity index (χ1) is 9.86. The molecule has 0 aromatic rings. The van der Waals surface area contributed by atoms with Crippen LogP contribution in [0.15, 0.2) is 0 Å². The van der Waals surface area contributed by atoms with E-state index in [0.29, 0.717) is 5.41 Å². The van der Waals surface area contributed by atoms with E-state index in [1.54, 1.807) is 0 Å². The number of hydrogen-bond donors (Lipinski definition) is 1. The van der Waals surface area contributed by atoms with Crippen LogP contribution in [0, 0.1) is 5.41 Å². The molecule has 21 heavy (non-hydrogen) atoms. The smallest absolute Gasteiger partial charge is 0.00967 e. The molecule has 1 rings (SSSR count). The van der Waals surface area contributed by atoms with Gasteiger partial charge >= 0.3 is 0 Å². The van der Waals surface area contributed by atoms with E-state index in [0.717, 1.165) is 12.6 Å². The third-order valence-electron chi connectivity index (χ3n) is 5.50. The standard InChI is InChI=1S/C19H40N2/c1-7-17-13-11-10-12-14-21(17)16-19(8-2,9-3)15-20-18(4,5)6/h17,20H,7-16H2,1-6H3. The molecule has 0 saturated carbocycles. The second-order valence-corrected chi connectivity index (χ2v) is 8.19. The van der Waals surface area contributed by atoms with Crippen molar-refractivity contribution in [3.63, 3.8) is 0 Å². The molecule has 1 atom stereocenters. The summed E-state index contributed by atoms with van der Waals surface area (Å²) in [5.74, 6) is 0. The Morgan fingerprint density at radius 1 is 1.00 bits per heavy atom. The Kier molecular flexibility index (Phi) is 7.70. The molecule has 1 fully saturated rings. The summed E-state index contributed by atoms with van der Waals surface area (Å²) in [5.41, 5.74) is 0.656. The van der Waals surface area contributed by atoms with Gasteiger partial charge < -0.3 is 5.32 Å². The fourth-order valence-corrected chi connectivity index (χ4v) is 3.57. The minimum atomic E-state index is 0.221. The van der Waals surface area contributed by atoms with E-state index in [1.807, 2.05) is 0 Å². The highest BCUT2D eigenvalue weighted by atomic mass is 15.2. The van der Waals surface area contributed by atoms with Crippen LogP contribution in [0.1, 0.15) is 86.5 Å². The van der Waals surface area contributed by atoms with Crippen molar-refractivity contribution >= 4 is 0 Å². The highest BCUT2D eigenvalue weighted by Gasteiger charge is 2.32. The number of rotatable bonds is 7. The maximum absolute atomic E-state index is 3.78. The fraction of sp³-hybridized carbons (Fsp3) is 1.00. The zero-order chi connectivity index (χ0) is 15.9. The average Bonchev–Trinajstić information content (AvgIpc) is 2.67. The number of nitrogens with zero attached hydrogens (tertiary/aromatic N) is 1. The molecule has 0 bridgehead atoms. The first kappa shape index (κ1) is 19.0. The quantitative estimate of drug-likeness (QED) is 0.723. The number of hydrogen-bond acceptors (Lipinski definition) is 2. The first-order valence-electron chi connectivity index (χ1n) is 9.35.